The van der Waals surface area contributed by atoms with Gasteiger partial charge in [0.25, 0.3) is 5.91 Å². The SMILES string of the molecule is CCOC1(C(=O)Nc2ccc(CC(=O)N3CCN(C)CC3)cc2)CCCC1. The molecule has 1 saturated carbocycles. The van der Waals surface area contributed by atoms with Crippen LogP contribution in [0.15, 0.2) is 24.3 Å². The number of hydrogen-bond acceptors (Lipinski definition) is 4. The molecule has 1 aromatic carbocycles. The summed E-state index contributed by atoms with van der Waals surface area (Å²) >= 11 is 0. The lowest BCUT2D eigenvalue weighted by atomic mass is 10.0. The predicted molar refractivity (Wildman–Crippen MR) is 106 cm³/mol. The Morgan fingerprint density at radius 2 is 1.70 bits per heavy atom. The van der Waals surface area contributed by atoms with E-state index in [0.717, 1.165) is 63.1 Å². The first-order valence-corrected chi connectivity index (χ1v) is 10.0. The molecular weight excluding hydrogens is 342 g/mol. The summed E-state index contributed by atoms with van der Waals surface area (Å²) in [6, 6.07) is 7.59. The Morgan fingerprint density at radius 1 is 1.07 bits per heavy atom. The summed E-state index contributed by atoms with van der Waals surface area (Å²) in [6.45, 7) is 5.92. The molecular formula is C21H31N3O3. The van der Waals surface area contributed by atoms with Crippen molar-refractivity contribution in [3.8, 4) is 0 Å². The lowest BCUT2D eigenvalue weighted by Gasteiger charge is -2.32. The van der Waals surface area contributed by atoms with Crippen LogP contribution in [-0.2, 0) is 20.7 Å². The van der Waals surface area contributed by atoms with Crippen molar-refractivity contribution in [1.29, 1.82) is 0 Å². The molecule has 0 unspecified atom stereocenters. The average molecular weight is 373 g/mol. The summed E-state index contributed by atoms with van der Waals surface area (Å²) in [6.07, 6.45) is 4.02. The van der Waals surface area contributed by atoms with Gasteiger partial charge in [-0.15, -0.1) is 0 Å². The third kappa shape index (κ3) is 4.87. The smallest absolute Gasteiger partial charge is 0.256 e. The molecule has 148 valence electrons. The zero-order valence-electron chi connectivity index (χ0n) is 16.5. The molecule has 6 heteroatoms. The van der Waals surface area contributed by atoms with Gasteiger partial charge in [0.05, 0.1) is 6.42 Å². The van der Waals surface area contributed by atoms with E-state index in [0.29, 0.717) is 13.0 Å². The molecule has 2 aliphatic rings. The van der Waals surface area contributed by atoms with Crippen LogP contribution >= 0.6 is 0 Å². The van der Waals surface area contributed by atoms with Gasteiger partial charge in [0.1, 0.15) is 5.60 Å². The molecule has 1 aliphatic carbocycles. The minimum atomic E-state index is -0.676. The molecule has 3 rings (SSSR count). The van der Waals surface area contributed by atoms with Crippen LogP contribution in [0.1, 0.15) is 38.2 Å². The second-order valence-corrected chi connectivity index (χ2v) is 7.65. The van der Waals surface area contributed by atoms with Gasteiger partial charge in [0.15, 0.2) is 0 Å². The molecule has 1 saturated heterocycles. The van der Waals surface area contributed by atoms with Gasteiger partial charge in [-0.05, 0) is 57.4 Å². The number of carbonyl (C=O) groups excluding carboxylic acids is 2. The fraction of sp³-hybridized carbons (Fsp3) is 0.619. The van der Waals surface area contributed by atoms with Crippen LogP contribution in [0, 0.1) is 0 Å². The first kappa shape index (κ1) is 19.8. The highest BCUT2D eigenvalue weighted by atomic mass is 16.5. The lowest BCUT2D eigenvalue weighted by Crippen LogP contribution is -2.47. The van der Waals surface area contributed by atoms with Crippen molar-refractivity contribution < 1.29 is 14.3 Å². The van der Waals surface area contributed by atoms with E-state index < -0.39 is 5.60 Å². The van der Waals surface area contributed by atoms with Gasteiger partial charge in [-0.3, -0.25) is 9.59 Å². The monoisotopic (exact) mass is 373 g/mol. The number of ether oxygens (including phenoxy) is 1. The molecule has 1 N–H and O–H groups in total. The van der Waals surface area contributed by atoms with Crippen LogP contribution in [0.2, 0.25) is 0 Å². The van der Waals surface area contributed by atoms with Crippen molar-refractivity contribution in [2.24, 2.45) is 0 Å². The number of hydrogen-bond donors (Lipinski definition) is 1. The molecule has 0 bridgehead atoms. The van der Waals surface area contributed by atoms with E-state index >= 15 is 0 Å². The predicted octanol–water partition coefficient (Wildman–Crippen LogP) is 2.29. The molecule has 1 aromatic rings. The van der Waals surface area contributed by atoms with E-state index in [9.17, 15) is 9.59 Å². The lowest BCUT2D eigenvalue weighted by molar-refractivity contribution is -0.140. The van der Waals surface area contributed by atoms with Crippen molar-refractivity contribution in [1.82, 2.24) is 9.80 Å². The molecule has 27 heavy (non-hydrogen) atoms. The quantitative estimate of drug-likeness (QED) is 0.831. The number of anilines is 1. The highest BCUT2D eigenvalue weighted by Gasteiger charge is 2.41. The molecule has 1 aliphatic heterocycles. The number of nitrogens with zero attached hydrogens (tertiary/aromatic N) is 2. The van der Waals surface area contributed by atoms with Gasteiger partial charge < -0.3 is 19.9 Å². The minimum absolute atomic E-state index is 0.0527. The Hall–Kier alpha value is -1.92. The summed E-state index contributed by atoms with van der Waals surface area (Å²) in [7, 11) is 2.08. The molecule has 2 amide bonds. The van der Waals surface area contributed by atoms with E-state index in [2.05, 4.69) is 17.3 Å². The molecule has 1 heterocycles. The Morgan fingerprint density at radius 3 is 2.30 bits per heavy atom. The molecule has 6 nitrogen and oxygen atoms in total. The van der Waals surface area contributed by atoms with E-state index in [1.165, 1.54) is 0 Å². The van der Waals surface area contributed by atoms with Gasteiger partial charge in [-0.2, -0.15) is 0 Å². The van der Waals surface area contributed by atoms with Crippen LogP contribution in [0.5, 0.6) is 0 Å². The topological polar surface area (TPSA) is 61.9 Å². The first-order chi connectivity index (χ1) is 13.0. The zero-order valence-corrected chi connectivity index (χ0v) is 16.5. The van der Waals surface area contributed by atoms with E-state index in [1.54, 1.807) is 0 Å². The van der Waals surface area contributed by atoms with Crippen LogP contribution in [-0.4, -0.2) is 67.0 Å². The highest BCUT2D eigenvalue weighted by Crippen LogP contribution is 2.34. The van der Waals surface area contributed by atoms with E-state index in [4.69, 9.17) is 4.74 Å². The molecule has 0 spiro atoms. The summed E-state index contributed by atoms with van der Waals surface area (Å²) in [4.78, 5) is 29.3. The molecule has 2 fully saturated rings. The Labute approximate surface area is 161 Å². The van der Waals surface area contributed by atoms with Gasteiger partial charge in [-0.1, -0.05) is 12.1 Å². The first-order valence-electron chi connectivity index (χ1n) is 10.0. The minimum Gasteiger partial charge on any atom is -0.365 e. The van der Waals surface area contributed by atoms with Crippen LogP contribution in [0.4, 0.5) is 5.69 Å². The molecule has 0 atom stereocenters. The summed E-state index contributed by atoms with van der Waals surface area (Å²) in [5, 5.41) is 2.99. The fourth-order valence-corrected chi connectivity index (χ4v) is 3.95. The number of piperazine rings is 1. The Balaban J connectivity index is 1.55. The zero-order chi connectivity index (χ0) is 19.3. The second kappa shape index (κ2) is 8.85. The van der Waals surface area contributed by atoms with Crippen molar-refractivity contribution in [2.75, 3.05) is 45.2 Å². The fourth-order valence-electron chi connectivity index (χ4n) is 3.95. The summed E-state index contributed by atoms with van der Waals surface area (Å²) in [5.41, 5.74) is 1.05. The molecule has 0 aromatic heterocycles. The van der Waals surface area contributed by atoms with Crippen LogP contribution in [0.25, 0.3) is 0 Å². The second-order valence-electron chi connectivity index (χ2n) is 7.65. The maximum absolute atomic E-state index is 12.7. The average Bonchev–Trinajstić information content (AvgIpc) is 3.14. The maximum atomic E-state index is 12.7. The highest BCUT2D eigenvalue weighted by molar-refractivity contribution is 5.97. The summed E-state index contributed by atoms with van der Waals surface area (Å²) < 4.78 is 5.81. The molecule has 0 radical (unpaired) electrons. The van der Waals surface area contributed by atoms with Crippen molar-refractivity contribution in [2.45, 2.75) is 44.6 Å². The standard InChI is InChI=1S/C21H31N3O3/c1-3-27-21(10-4-5-11-21)20(26)22-18-8-6-17(7-9-18)16-19(25)24-14-12-23(2)13-15-24/h6-9H,3-5,10-16H2,1-2H3,(H,22,26). The van der Waals surface area contributed by atoms with Crippen LogP contribution in [0.3, 0.4) is 0 Å². The van der Waals surface area contributed by atoms with Crippen LogP contribution < -0.4 is 5.32 Å². The van der Waals surface area contributed by atoms with E-state index in [-0.39, 0.29) is 11.8 Å². The number of likely N-dealkylation sites (N-methyl/N-ethyl adjacent to an activating group) is 1. The van der Waals surface area contributed by atoms with Gasteiger partial charge in [0, 0.05) is 38.5 Å². The number of amides is 2. The van der Waals surface area contributed by atoms with Gasteiger partial charge in [-0.25, -0.2) is 0 Å². The number of rotatable bonds is 6. The third-order valence-electron chi connectivity index (χ3n) is 5.67. The maximum Gasteiger partial charge on any atom is 0.256 e. The van der Waals surface area contributed by atoms with Gasteiger partial charge >= 0.3 is 0 Å². The number of nitrogens with one attached hydrogen (secondary N) is 1. The third-order valence-corrected chi connectivity index (χ3v) is 5.67. The van der Waals surface area contributed by atoms with Crippen molar-refractivity contribution in [3.63, 3.8) is 0 Å². The Kier molecular flexibility index (Phi) is 6.50. The number of benzene rings is 1. The number of carbonyl (C=O) groups is 2. The summed E-state index contributed by atoms with van der Waals surface area (Å²) in [5.74, 6) is 0.115. The van der Waals surface area contributed by atoms with Crippen molar-refractivity contribution >= 4 is 17.5 Å². The normalized spacial score (nSPS) is 19.9. The van der Waals surface area contributed by atoms with Crippen molar-refractivity contribution in [3.05, 3.63) is 29.8 Å². The van der Waals surface area contributed by atoms with E-state index in [1.807, 2.05) is 36.1 Å². The largest absolute Gasteiger partial charge is 0.365 e. The Bertz CT molecular complexity index is 645. The van der Waals surface area contributed by atoms with Gasteiger partial charge in [0.2, 0.25) is 5.91 Å².